The maximum absolute atomic E-state index is 13.6. The van der Waals surface area contributed by atoms with Gasteiger partial charge in [0.2, 0.25) is 5.91 Å². The normalized spacial score (nSPS) is 18.8. The molecule has 1 amide bonds. The number of phenols is 2. The van der Waals surface area contributed by atoms with Crippen molar-refractivity contribution in [3.05, 3.63) is 117 Å². The first kappa shape index (κ1) is 29.9. The lowest BCUT2D eigenvalue weighted by molar-refractivity contribution is -0.137. The maximum atomic E-state index is 13.6. The highest BCUT2D eigenvalue weighted by molar-refractivity contribution is 7.92. The highest BCUT2D eigenvalue weighted by Gasteiger charge is 2.43. The van der Waals surface area contributed by atoms with E-state index in [4.69, 9.17) is 0 Å². The summed E-state index contributed by atoms with van der Waals surface area (Å²) in [5, 5.41) is 24.9. The van der Waals surface area contributed by atoms with Gasteiger partial charge in [-0.15, -0.1) is 0 Å². The van der Waals surface area contributed by atoms with Crippen LogP contribution in [0.25, 0.3) is 6.08 Å². The molecular weight excluding hydrogens is 617 g/mol. The van der Waals surface area contributed by atoms with Gasteiger partial charge in [-0.2, -0.15) is 13.2 Å². The number of anilines is 2. The first-order chi connectivity index (χ1) is 21.9. The molecule has 0 spiro atoms. The van der Waals surface area contributed by atoms with Gasteiger partial charge in [0, 0.05) is 34.0 Å². The van der Waals surface area contributed by atoms with Crippen LogP contribution in [-0.4, -0.2) is 24.5 Å². The fraction of sp³-hybridized carbons (Fsp3) is 0.229. The Morgan fingerprint density at radius 2 is 1.59 bits per heavy atom. The number of carbonyl (C=O) groups excluding carboxylic acids is 1. The van der Waals surface area contributed by atoms with Gasteiger partial charge in [0.05, 0.1) is 16.4 Å². The lowest BCUT2D eigenvalue weighted by atomic mass is 9.78. The first-order valence-electron chi connectivity index (χ1n) is 14.9. The number of benzene rings is 4. The first-order valence-corrected chi connectivity index (χ1v) is 16.4. The predicted molar refractivity (Wildman–Crippen MR) is 167 cm³/mol. The monoisotopic (exact) mass is 646 g/mol. The Morgan fingerprint density at radius 3 is 2.33 bits per heavy atom. The minimum absolute atomic E-state index is 0.0395. The van der Waals surface area contributed by atoms with E-state index >= 15 is 0 Å². The molecule has 0 aromatic heterocycles. The molecule has 2 unspecified atom stereocenters. The van der Waals surface area contributed by atoms with E-state index in [1.807, 2.05) is 30.3 Å². The summed E-state index contributed by atoms with van der Waals surface area (Å²) in [5.41, 5.74) is 4.67. The number of hydrogen-bond acceptors (Lipinski definition) is 5. The number of phenolic OH excluding ortho intramolecular Hbond substituents is 2. The molecule has 46 heavy (non-hydrogen) atoms. The van der Waals surface area contributed by atoms with Crippen molar-refractivity contribution in [2.75, 3.05) is 10.0 Å². The maximum Gasteiger partial charge on any atom is 0.416 e. The van der Waals surface area contributed by atoms with E-state index in [1.54, 1.807) is 6.07 Å². The van der Waals surface area contributed by atoms with E-state index in [0.29, 0.717) is 29.7 Å². The number of hydrogen-bond donors (Lipinski definition) is 4. The summed E-state index contributed by atoms with van der Waals surface area (Å²) < 4.78 is 68.1. The summed E-state index contributed by atoms with van der Waals surface area (Å²) in [7, 11) is -4.24. The molecule has 3 aliphatic rings. The lowest BCUT2D eigenvalue weighted by Crippen LogP contribution is -2.21. The van der Waals surface area contributed by atoms with E-state index in [9.17, 15) is 36.6 Å². The number of sulfonamides is 1. The van der Waals surface area contributed by atoms with Crippen LogP contribution in [0.3, 0.4) is 0 Å². The Balaban J connectivity index is 1.24. The SMILES string of the molecule is O=C1Nc2ccc(S(=O)(=O)Nc3ccc(C(F)(F)F)cc3)cc2C1C1C(Cc2cc(O)c3c(c2O)CCCC3)=Cc2ccccc21. The number of fused-ring (bicyclic) bond motifs is 3. The van der Waals surface area contributed by atoms with E-state index in [0.717, 1.165) is 64.9 Å². The Labute approximate surface area is 263 Å². The van der Waals surface area contributed by atoms with Gasteiger partial charge in [-0.1, -0.05) is 35.9 Å². The van der Waals surface area contributed by atoms with Gasteiger partial charge in [0.15, 0.2) is 0 Å². The molecule has 236 valence electrons. The average Bonchev–Trinajstić information content (AvgIpc) is 3.54. The number of aromatic hydroxyl groups is 2. The van der Waals surface area contributed by atoms with Crippen LogP contribution in [0.2, 0.25) is 0 Å². The van der Waals surface area contributed by atoms with E-state index in [1.165, 1.54) is 18.2 Å². The van der Waals surface area contributed by atoms with Crippen molar-refractivity contribution in [2.45, 2.75) is 55.0 Å². The van der Waals surface area contributed by atoms with Crippen molar-refractivity contribution in [1.29, 1.82) is 0 Å². The number of nitrogens with one attached hydrogen (secondary N) is 2. The molecule has 0 fully saturated rings. The summed E-state index contributed by atoms with van der Waals surface area (Å²) >= 11 is 0. The highest BCUT2D eigenvalue weighted by Crippen LogP contribution is 2.52. The van der Waals surface area contributed by atoms with Crippen molar-refractivity contribution < 1.29 is 36.6 Å². The molecule has 0 bridgehead atoms. The van der Waals surface area contributed by atoms with Crippen molar-refractivity contribution in [2.24, 2.45) is 0 Å². The molecule has 2 aliphatic carbocycles. The van der Waals surface area contributed by atoms with Crippen LogP contribution in [0.15, 0.2) is 83.3 Å². The Hall–Kier alpha value is -4.77. The van der Waals surface area contributed by atoms with Crippen LogP contribution in [0, 0.1) is 0 Å². The van der Waals surface area contributed by atoms with Crippen LogP contribution in [0.1, 0.15) is 63.6 Å². The van der Waals surface area contributed by atoms with Gasteiger partial charge in [0.1, 0.15) is 11.5 Å². The van der Waals surface area contributed by atoms with Crippen molar-refractivity contribution in [3.63, 3.8) is 0 Å². The molecular formula is C35H29F3N2O5S. The number of carbonyl (C=O) groups is 1. The minimum Gasteiger partial charge on any atom is -0.508 e. The standard InChI is InChI=1S/C35H29F3N2O5S/c36-35(37,38)22-9-11-23(12-10-22)40-46(44,45)24-13-14-29-28(18-24)32(34(43)39-29)31-20(15-19-5-1-2-6-25(19)31)16-21-17-30(41)26-7-3-4-8-27(26)33(21)42/h1-2,5-6,9-15,17-18,31-32,40-42H,3-4,7-8,16H2,(H,39,43). The van der Waals surface area contributed by atoms with Crippen LogP contribution in [0.4, 0.5) is 24.5 Å². The molecule has 4 aromatic carbocycles. The second-order valence-corrected chi connectivity index (χ2v) is 13.6. The number of halogens is 3. The zero-order chi connectivity index (χ0) is 32.4. The van der Waals surface area contributed by atoms with Gasteiger partial charge < -0.3 is 15.5 Å². The Kier molecular flexibility index (Phi) is 7.11. The molecule has 2 atom stereocenters. The third-order valence-electron chi connectivity index (χ3n) is 9.15. The molecule has 7 nitrogen and oxygen atoms in total. The minimum atomic E-state index is -4.56. The summed E-state index contributed by atoms with van der Waals surface area (Å²) in [6.07, 6.45) is 0.906. The zero-order valence-corrected chi connectivity index (χ0v) is 25.2. The molecule has 11 heteroatoms. The largest absolute Gasteiger partial charge is 0.508 e. The van der Waals surface area contributed by atoms with E-state index in [2.05, 4.69) is 10.0 Å². The van der Waals surface area contributed by atoms with Crippen LogP contribution in [0.5, 0.6) is 11.5 Å². The van der Waals surface area contributed by atoms with Crippen LogP contribution >= 0.6 is 0 Å². The molecule has 1 aliphatic heterocycles. The second-order valence-electron chi connectivity index (χ2n) is 12.0. The molecule has 1 heterocycles. The topological polar surface area (TPSA) is 116 Å². The molecule has 0 saturated carbocycles. The fourth-order valence-electron chi connectivity index (χ4n) is 6.99. The van der Waals surface area contributed by atoms with E-state index in [-0.39, 0.29) is 34.4 Å². The fourth-order valence-corrected chi connectivity index (χ4v) is 8.08. The average molecular weight is 647 g/mol. The molecule has 0 radical (unpaired) electrons. The van der Waals surface area contributed by atoms with Crippen molar-refractivity contribution in [1.82, 2.24) is 0 Å². The van der Waals surface area contributed by atoms with Gasteiger partial charge in [-0.3, -0.25) is 9.52 Å². The van der Waals surface area contributed by atoms with Crippen molar-refractivity contribution in [3.8, 4) is 11.5 Å². The Bertz CT molecular complexity index is 2040. The number of alkyl halides is 3. The summed E-state index contributed by atoms with van der Waals surface area (Å²) in [6.45, 7) is 0. The predicted octanol–water partition coefficient (Wildman–Crippen LogP) is 7.26. The van der Waals surface area contributed by atoms with Crippen LogP contribution < -0.4 is 10.0 Å². The Morgan fingerprint density at radius 1 is 0.870 bits per heavy atom. The van der Waals surface area contributed by atoms with Gasteiger partial charge in [-0.25, -0.2) is 8.42 Å². The summed E-state index contributed by atoms with van der Waals surface area (Å²) in [6, 6.07) is 17.2. The number of rotatable bonds is 6. The second kappa shape index (κ2) is 10.9. The van der Waals surface area contributed by atoms with E-state index < -0.39 is 33.6 Å². The number of allylic oxidation sites excluding steroid dienone is 1. The summed E-state index contributed by atoms with van der Waals surface area (Å²) in [5.74, 6) is -1.31. The van der Waals surface area contributed by atoms with Gasteiger partial charge >= 0.3 is 6.18 Å². The number of amides is 1. The smallest absolute Gasteiger partial charge is 0.416 e. The lowest BCUT2D eigenvalue weighted by Gasteiger charge is -2.25. The third kappa shape index (κ3) is 5.18. The molecule has 4 aromatic rings. The molecule has 0 saturated heterocycles. The third-order valence-corrected chi connectivity index (χ3v) is 10.5. The molecule has 7 rings (SSSR count). The summed E-state index contributed by atoms with van der Waals surface area (Å²) in [4.78, 5) is 13.5. The van der Waals surface area contributed by atoms with Crippen molar-refractivity contribution >= 4 is 33.4 Å². The van der Waals surface area contributed by atoms with Crippen LogP contribution in [-0.2, 0) is 40.3 Å². The highest BCUT2D eigenvalue weighted by atomic mass is 32.2. The zero-order valence-electron chi connectivity index (χ0n) is 24.4. The quantitative estimate of drug-likeness (QED) is 0.165. The van der Waals surface area contributed by atoms with Gasteiger partial charge in [-0.05, 0) is 97.3 Å². The van der Waals surface area contributed by atoms with Gasteiger partial charge in [0.25, 0.3) is 10.0 Å². The molecule has 4 N–H and O–H groups in total.